The molecule has 0 aromatic carbocycles. The van der Waals surface area contributed by atoms with Crippen molar-refractivity contribution in [3.63, 3.8) is 0 Å². The highest BCUT2D eigenvalue weighted by atomic mass is 14.3. The van der Waals surface area contributed by atoms with Crippen molar-refractivity contribution in [1.82, 2.24) is 0 Å². The van der Waals surface area contributed by atoms with Gasteiger partial charge in [-0.3, -0.25) is 0 Å². The molecule has 1 fully saturated rings. The van der Waals surface area contributed by atoms with Gasteiger partial charge in [-0.2, -0.15) is 0 Å². The van der Waals surface area contributed by atoms with Gasteiger partial charge in [0.1, 0.15) is 0 Å². The molecule has 3 unspecified atom stereocenters. The summed E-state index contributed by atoms with van der Waals surface area (Å²) in [7, 11) is 0. The van der Waals surface area contributed by atoms with Crippen LogP contribution in [0.1, 0.15) is 39.5 Å². The van der Waals surface area contributed by atoms with E-state index in [1.165, 1.54) is 25.7 Å². The Morgan fingerprint density at radius 2 is 2.27 bits per heavy atom. The molecule has 1 saturated carbocycles. The molecular formula is C11H20. The van der Waals surface area contributed by atoms with Crippen molar-refractivity contribution in [3.8, 4) is 0 Å². The molecule has 0 saturated heterocycles. The highest BCUT2D eigenvalue weighted by molar-refractivity contribution is 4.86. The van der Waals surface area contributed by atoms with Gasteiger partial charge in [0.15, 0.2) is 0 Å². The normalized spacial score (nSPS) is 33.6. The summed E-state index contributed by atoms with van der Waals surface area (Å²) in [5.74, 6) is 2.70. The third-order valence-corrected chi connectivity index (χ3v) is 3.27. The van der Waals surface area contributed by atoms with Gasteiger partial charge < -0.3 is 0 Å². The van der Waals surface area contributed by atoms with Gasteiger partial charge in [-0.1, -0.05) is 32.8 Å². The summed E-state index contributed by atoms with van der Waals surface area (Å²) in [5.41, 5.74) is 0. The third-order valence-electron chi connectivity index (χ3n) is 3.27. The molecule has 0 nitrogen and oxygen atoms in total. The fourth-order valence-electron chi connectivity index (χ4n) is 2.15. The maximum Gasteiger partial charge on any atom is -0.0236 e. The Kier molecular flexibility index (Phi) is 3.16. The second kappa shape index (κ2) is 3.94. The fourth-order valence-corrected chi connectivity index (χ4v) is 2.15. The maximum atomic E-state index is 3.86. The Balaban J connectivity index is 2.34. The molecule has 0 bridgehead atoms. The highest BCUT2D eigenvalue weighted by Crippen LogP contribution is 2.37. The molecule has 0 heterocycles. The van der Waals surface area contributed by atoms with Gasteiger partial charge in [-0.15, -0.1) is 6.58 Å². The van der Waals surface area contributed by atoms with Gasteiger partial charge in [0, 0.05) is 0 Å². The first kappa shape index (κ1) is 8.83. The molecule has 0 N–H and O–H groups in total. The van der Waals surface area contributed by atoms with E-state index < -0.39 is 0 Å². The summed E-state index contributed by atoms with van der Waals surface area (Å²) in [5, 5.41) is 0. The Morgan fingerprint density at radius 3 is 2.73 bits per heavy atom. The first-order chi connectivity index (χ1) is 5.27. The molecule has 11 heavy (non-hydrogen) atoms. The van der Waals surface area contributed by atoms with Crippen molar-refractivity contribution in [2.75, 3.05) is 0 Å². The zero-order valence-electron chi connectivity index (χ0n) is 7.84. The molecule has 0 heteroatoms. The summed E-state index contributed by atoms with van der Waals surface area (Å²) in [4.78, 5) is 0. The SMILES string of the molecule is C=CC(C)C1CCC(CC)C1. The van der Waals surface area contributed by atoms with Crippen LogP contribution in [0, 0.1) is 17.8 Å². The second-order valence-electron chi connectivity index (χ2n) is 3.94. The molecule has 0 aromatic rings. The average Bonchev–Trinajstić information content (AvgIpc) is 2.50. The van der Waals surface area contributed by atoms with Gasteiger partial charge in [-0.05, 0) is 30.6 Å². The minimum atomic E-state index is 0.742. The van der Waals surface area contributed by atoms with Crippen LogP contribution in [0.3, 0.4) is 0 Å². The summed E-state index contributed by atoms with van der Waals surface area (Å²) in [6.45, 7) is 8.47. The maximum absolute atomic E-state index is 3.86. The highest BCUT2D eigenvalue weighted by Gasteiger charge is 2.25. The Bertz CT molecular complexity index is 126. The lowest BCUT2D eigenvalue weighted by Crippen LogP contribution is -2.04. The minimum absolute atomic E-state index is 0.742. The third kappa shape index (κ3) is 2.08. The van der Waals surface area contributed by atoms with Gasteiger partial charge in [-0.25, -0.2) is 0 Å². The number of rotatable bonds is 3. The first-order valence-corrected chi connectivity index (χ1v) is 4.90. The van der Waals surface area contributed by atoms with Crippen LogP contribution in [0.2, 0.25) is 0 Å². The molecule has 3 atom stereocenters. The molecule has 1 rings (SSSR count). The number of hydrogen-bond donors (Lipinski definition) is 0. The van der Waals surface area contributed by atoms with Crippen molar-refractivity contribution < 1.29 is 0 Å². The van der Waals surface area contributed by atoms with E-state index in [-0.39, 0.29) is 0 Å². The van der Waals surface area contributed by atoms with Gasteiger partial charge >= 0.3 is 0 Å². The van der Waals surface area contributed by atoms with Gasteiger partial charge in [0.05, 0.1) is 0 Å². The van der Waals surface area contributed by atoms with E-state index in [2.05, 4.69) is 26.5 Å². The van der Waals surface area contributed by atoms with Crippen LogP contribution in [-0.4, -0.2) is 0 Å². The van der Waals surface area contributed by atoms with Crippen molar-refractivity contribution in [3.05, 3.63) is 12.7 Å². The Morgan fingerprint density at radius 1 is 1.55 bits per heavy atom. The largest absolute Gasteiger partial charge is 0.103 e. The van der Waals surface area contributed by atoms with Crippen LogP contribution in [0.4, 0.5) is 0 Å². The Labute approximate surface area is 70.7 Å². The number of hydrogen-bond acceptors (Lipinski definition) is 0. The van der Waals surface area contributed by atoms with E-state index >= 15 is 0 Å². The van der Waals surface area contributed by atoms with E-state index in [0.717, 1.165) is 17.8 Å². The van der Waals surface area contributed by atoms with Crippen LogP contribution in [0.5, 0.6) is 0 Å². The molecule has 64 valence electrons. The summed E-state index contributed by atoms with van der Waals surface area (Å²) < 4.78 is 0. The first-order valence-electron chi connectivity index (χ1n) is 4.90. The molecule has 1 aliphatic rings. The van der Waals surface area contributed by atoms with Gasteiger partial charge in [0.2, 0.25) is 0 Å². The molecule has 0 aromatic heterocycles. The van der Waals surface area contributed by atoms with Crippen LogP contribution < -0.4 is 0 Å². The summed E-state index contributed by atoms with van der Waals surface area (Å²) in [6.07, 6.45) is 7.83. The topological polar surface area (TPSA) is 0 Å². The smallest absolute Gasteiger partial charge is 0.0236 e. The average molecular weight is 152 g/mol. The monoisotopic (exact) mass is 152 g/mol. The van der Waals surface area contributed by atoms with E-state index in [4.69, 9.17) is 0 Å². The standard InChI is InChI=1S/C11H20/c1-4-9(3)11-7-6-10(5-2)8-11/h4,9-11H,1,5-8H2,2-3H3. The van der Waals surface area contributed by atoms with E-state index in [9.17, 15) is 0 Å². The quantitative estimate of drug-likeness (QED) is 0.542. The van der Waals surface area contributed by atoms with Crippen LogP contribution in [0.15, 0.2) is 12.7 Å². The lowest BCUT2D eigenvalue weighted by molar-refractivity contribution is 0.408. The van der Waals surface area contributed by atoms with Crippen molar-refractivity contribution >= 4 is 0 Å². The summed E-state index contributed by atoms with van der Waals surface area (Å²) >= 11 is 0. The minimum Gasteiger partial charge on any atom is -0.103 e. The molecule has 0 radical (unpaired) electrons. The fraction of sp³-hybridized carbons (Fsp3) is 0.818. The lowest BCUT2D eigenvalue weighted by atomic mass is 9.91. The summed E-state index contributed by atoms with van der Waals surface area (Å²) in [6, 6.07) is 0. The van der Waals surface area contributed by atoms with Crippen molar-refractivity contribution in [2.24, 2.45) is 17.8 Å². The van der Waals surface area contributed by atoms with E-state index in [1.54, 1.807) is 0 Å². The van der Waals surface area contributed by atoms with E-state index in [1.807, 2.05) is 0 Å². The zero-order valence-corrected chi connectivity index (χ0v) is 7.84. The Hall–Kier alpha value is -0.260. The predicted molar refractivity (Wildman–Crippen MR) is 50.5 cm³/mol. The lowest BCUT2D eigenvalue weighted by Gasteiger charge is -2.14. The molecular weight excluding hydrogens is 132 g/mol. The van der Waals surface area contributed by atoms with Crippen LogP contribution >= 0.6 is 0 Å². The van der Waals surface area contributed by atoms with Gasteiger partial charge in [0.25, 0.3) is 0 Å². The van der Waals surface area contributed by atoms with Crippen molar-refractivity contribution in [2.45, 2.75) is 39.5 Å². The molecule has 0 spiro atoms. The van der Waals surface area contributed by atoms with Crippen LogP contribution in [0.25, 0.3) is 0 Å². The van der Waals surface area contributed by atoms with Crippen molar-refractivity contribution in [1.29, 1.82) is 0 Å². The molecule has 0 amide bonds. The van der Waals surface area contributed by atoms with Crippen LogP contribution in [-0.2, 0) is 0 Å². The predicted octanol–water partition coefficient (Wildman–Crippen LogP) is 3.63. The second-order valence-corrected chi connectivity index (χ2v) is 3.94. The van der Waals surface area contributed by atoms with E-state index in [0.29, 0.717) is 0 Å². The molecule has 0 aliphatic heterocycles. The molecule has 1 aliphatic carbocycles. The zero-order chi connectivity index (χ0) is 8.27. The number of allylic oxidation sites excluding steroid dienone is 1.